The number of hydrogen-bond acceptors (Lipinski definition) is 4. The molecule has 124 valence electrons. The Labute approximate surface area is 138 Å². The van der Waals surface area contributed by atoms with Gasteiger partial charge in [-0.3, -0.25) is 0 Å². The molecule has 1 aromatic heterocycles. The van der Waals surface area contributed by atoms with Gasteiger partial charge in [0.15, 0.2) is 0 Å². The van der Waals surface area contributed by atoms with E-state index in [9.17, 15) is 5.11 Å². The van der Waals surface area contributed by atoms with Crippen molar-refractivity contribution in [2.45, 2.75) is 69.6 Å². The number of aliphatic hydroxyl groups is 1. The van der Waals surface area contributed by atoms with Gasteiger partial charge in [0.2, 0.25) is 0 Å². The Morgan fingerprint density at radius 2 is 1.95 bits per heavy atom. The highest BCUT2D eigenvalue weighted by Gasteiger charge is 2.28. The number of thiophene rings is 1. The zero-order valence-corrected chi connectivity index (χ0v) is 14.6. The molecular formula is C18H30N2OS. The van der Waals surface area contributed by atoms with Crippen molar-refractivity contribution >= 4 is 11.3 Å². The predicted octanol–water partition coefficient (Wildman–Crippen LogP) is 3.34. The first-order valence-corrected chi connectivity index (χ1v) is 9.82. The fraction of sp³-hybridized carbons (Fsp3) is 0.778. The summed E-state index contributed by atoms with van der Waals surface area (Å²) in [6.07, 6.45) is 9.53. The molecular weight excluding hydrogens is 292 g/mol. The summed E-state index contributed by atoms with van der Waals surface area (Å²) in [5, 5.41) is 18.3. The van der Waals surface area contributed by atoms with E-state index in [1.807, 2.05) is 23.8 Å². The van der Waals surface area contributed by atoms with Crippen LogP contribution in [0.25, 0.3) is 0 Å². The van der Waals surface area contributed by atoms with Gasteiger partial charge in [-0.1, -0.05) is 19.3 Å². The van der Waals surface area contributed by atoms with Crippen LogP contribution in [0.4, 0.5) is 0 Å². The summed E-state index contributed by atoms with van der Waals surface area (Å²) in [6, 6.07) is 3.44. The molecule has 22 heavy (non-hydrogen) atoms. The van der Waals surface area contributed by atoms with Crippen LogP contribution in [0.15, 0.2) is 16.8 Å². The molecule has 2 N–H and O–H groups in total. The van der Waals surface area contributed by atoms with Gasteiger partial charge in [-0.2, -0.15) is 11.3 Å². The van der Waals surface area contributed by atoms with Crippen molar-refractivity contribution in [2.24, 2.45) is 0 Å². The SMILES string of the molecule is CC(O)(CNC1CCN(C2CCCCC2)CC1)c1ccsc1. The van der Waals surface area contributed by atoms with Crippen molar-refractivity contribution in [3.05, 3.63) is 22.4 Å². The van der Waals surface area contributed by atoms with E-state index in [0.29, 0.717) is 12.6 Å². The Morgan fingerprint density at radius 1 is 1.23 bits per heavy atom. The van der Waals surface area contributed by atoms with Gasteiger partial charge in [-0.25, -0.2) is 0 Å². The third-order valence-electron chi connectivity index (χ3n) is 5.50. The average molecular weight is 323 g/mol. The van der Waals surface area contributed by atoms with Gasteiger partial charge in [0, 0.05) is 18.6 Å². The lowest BCUT2D eigenvalue weighted by atomic mass is 9.92. The monoisotopic (exact) mass is 322 g/mol. The second kappa shape index (κ2) is 7.43. The number of piperidine rings is 1. The number of rotatable bonds is 5. The first kappa shape index (κ1) is 16.4. The van der Waals surface area contributed by atoms with E-state index in [1.54, 1.807) is 11.3 Å². The minimum Gasteiger partial charge on any atom is -0.384 e. The lowest BCUT2D eigenvalue weighted by molar-refractivity contribution is 0.0476. The summed E-state index contributed by atoms with van der Waals surface area (Å²) < 4.78 is 0. The van der Waals surface area contributed by atoms with Crippen LogP contribution in [-0.4, -0.2) is 41.7 Å². The molecule has 0 spiro atoms. The predicted molar refractivity (Wildman–Crippen MR) is 93.4 cm³/mol. The van der Waals surface area contributed by atoms with Gasteiger partial charge in [0.05, 0.1) is 5.60 Å². The van der Waals surface area contributed by atoms with E-state index in [-0.39, 0.29) is 0 Å². The Hall–Kier alpha value is -0.420. The minimum absolute atomic E-state index is 0.560. The van der Waals surface area contributed by atoms with Crippen LogP contribution in [0.2, 0.25) is 0 Å². The maximum atomic E-state index is 10.6. The normalized spacial score (nSPS) is 25.2. The second-order valence-corrected chi connectivity index (χ2v) is 8.05. The number of hydrogen-bond donors (Lipinski definition) is 2. The van der Waals surface area contributed by atoms with Crippen molar-refractivity contribution in [2.75, 3.05) is 19.6 Å². The van der Waals surface area contributed by atoms with Gasteiger partial charge < -0.3 is 15.3 Å². The zero-order valence-electron chi connectivity index (χ0n) is 13.8. The van der Waals surface area contributed by atoms with Crippen LogP contribution < -0.4 is 5.32 Å². The minimum atomic E-state index is -0.749. The van der Waals surface area contributed by atoms with Gasteiger partial charge in [-0.05, 0) is 68.1 Å². The largest absolute Gasteiger partial charge is 0.384 e. The summed E-state index contributed by atoms with van der Waals surface area (Å²) in [6.45, 7) is 5.02. The molecule has 3 rings (SSSR count). The zero-order chi connectivity index (χ0) is 15.4. The van der Waals surface area contributed by atoms with E-state index in [0.717, 1.165) is 11.6 Å². The Morgan fingerprint density at radius 3 is 2.59 bits per heavy atom. The quantitative estimate of drug-likeness (QED) is 0.873. The highest BCUT2D eigenvalue weighted by Crippen LogP contribution is 2.26. The molecule has 4 heteroatoms. The Balaban J connectivity index is 1.42. The van der Waals surface area contributed by atoms with Crippen LogP contribution in [0.1, 0.15) is 57.4 Å². The molecule has 1 saturated heterocycles. The topological polar surface area (TPSA) is 35.5 Å². The average Bonchev–Trinajstić information content (AvgIpc) is 3.10. The lowest BCUT2D eigenvalue weighted by Gasteiger charge is -2.40. The van der Waals surface area contributed by atoms with Crippen molar-refractivity contribution in [3.8, 4) is 0 Å². The maximum Gasteiger partial charge on any atom is 0.1000 e. The molecule has 0 radical (unpaired) electrons. The van der Waals surface area contributed by atoms with Crippen molar-refractivity contribution in [1.82, 2.24) is 10.2 Å². The maximum absolute atomic E-state index is 10.6. The summed E-state index contributed by atoms with van der Waals surface area (Å²) in [7, 11) is 0. The fourth-order valence-electron chi connectivity index (χ4n) is 3.93. The standard InChI is InChI=1S/C18H30N2OS/c1-18(21,15-9-12-22-13-15)14-19-16-7-10-20(11-8-16)17-5-3-2-4-6-17/h9,12-13,16-17,19,21H,2-8,10-11,14H2,1H3. The van der Waals surface area contributed by atoms with Crippen molar-refractivity contribution < 1.29 is 5.11 Å². The summed E-state index contributed by atoms with van der Waals surface area (Å²) in [5.41, 5.74) is 0.283. The van der Waals surface area contributed by atoms with Crippen LogP contribution in [-0.2, 0) is 5.60 Å². The molecule has 1 saturated carbocycles. The van der Waals surface area contributed by atoms with Crippen LogP contribution in [0.5, 0.6) is 0 Å². The molecule has 1 aromatic rings. The molecule has 2 heterocycles. The molecule has 2 fully saturated rings. The molecule has 0 bridgehead atoms. The van der Waals surface area contributed by atoms with E-state index < -0.39 is 5.60 Å². The number of nitrogens with one attached hydrogen (secondary N) is 1. The third kappa shape index (κ3) is 4.10. The molecule has 1 aliphatic heterocycles. The van der Waals surface area contributed by atoms with E-state index in [2.05, 4.69) is 10.2 Å². The molecule has 0 aromatic carbocycles. The molecule has 1 aliphatic carbocycles. The molecule has 1 atom stereocenters. The van der Waals surface area contributed by atoms with E-state index in [1.165, 1.54) is 58.0 Å². The summed E-state index contributed by atoms with van der Waals surface area (Å²) >= 11 is 1.65. The molecule has 0 amide bonds. The highest BCUT2D eigenvalue weighted by molar-refractivity contribution is 7.08. The first-order valence-electron chi connectivity index (χ1n) is 8.88. The third-order valence-corrected chi connectivity index (χ3v) is 6.18. The smallest absolute Gasteiger partial charge is 0.1000 e. The van der Waals surface area contributed by atoms with Gasteiger partial charge in [-0.15, -0.1) is 0 Å². The Bertz CT molecular complexity index is 432. The Kier molecular flexibility index (Phi) is 5.55. The summed E-state index contributed by atoms with van der Waals surface area (Å²) in [5.74, 6) is 0. The van der Waals surface area contributed by atoms with Crippen LogP contribution in [0, 0.1) is 0 Å². The van der Waals surface area contributed by atoms with E-state index >= 15 is 0 Å². The summed E-state index contributed by atoms with van der Waals surface area (Å²) in [4.78, 5) is 2.72. The second-order valence-electron chi connectivity index (χ2n) is 7.27. The van der Waals surface area contributed by atoms with Crippen molar-refractivity contribution in [3.63, 3.8) is 0 Å². The molecule has 3 nitrogen and oxygen atoms in total. The molecule has 2 aliphatic rings. The number of nitrogens with zero attached hydrogens (tertiary/aromatic N) is 1. The van der Waals surface area contributed by atoms with Gasteiger partial charge in [0.1, 0.15) is 0 Å². The van der Waals surface area contributed by atoms with Crippen molar-refractivity contribution in [1.29, 1.82) is 0 Å². The highest BCUT2D eigenvalue weighted by atomic mass is 32.1. The molecule has 1 unspecified atom stereocenters. The fourth-order valence-corrected chi connectivity index (χ4v) is 4.71. The van der Waals surface area contributed by atoms with Crippen LogP contribution >= 0.6 is 11.3 Å². The van der Waals surface area contributed by atoms with Gasteiger partial charge >= 0.3 is 0 Å². The lowest BCUT2D eigenvalue weighted by Crippen LogP contribution is -2.49. The van der Waals surface area contributed by atoms with Crippen LogP contribution in [0.3, 0.4) is 0 Å². The first-order chi connectivity index (χ1) is 10.6. The van der Waals surface area contributed by atoms with Gasteiger partial charge in [0.25, 0.3) is 0 Å². The number of likely N-dealkylation sites (tertiary alicyclic amines) is 1. The van der Waals surface area contributed by atoms with E-state index in [4.69, 9.17) is 0 Å².